The molecule has 0 spiro atoms. The molecule has 2 heterocycles. The van der Waals surface area contributed by atoms with Gasteiger partial charge in [-0.15, -0.1) is 5.10 Å². The van der Waals surface area contributed by atoms with E-state index < -0.39 is 0 Å². The van der Waals surface area contributed by atoms with Gasteiger partial charge in [-0.1, -0.05) is 4.49 Å². The van der Waals surface area contributed by atoms with Crippen LogP contribution in [0.25, 0.3) is 0 Å². The number of rotatable bonds is 5. The summed E-state index contributed by atoms with van der Waals surface area (Å²) in [6, 6.07) is 0. The third kappa shape index (κ3) is 2.85. The lowest BCUT2D eigenvalue weighted by atomic mass is 10.2. The third-order valence-electron chi connectivity index (χ3n) is 2.25. The summed E-state index contributed by atoms with van der Waals surface area (Å²) in [5, 5.41) is 4.66. The Morgan fingerprint density at radius 2 is 2.60 bits per heavy atom. The Balaban J connectivity index is 1.73. The molecule has 1 unspecified atom stereocenters. The monoisotopic (exact) mass is 230 g/mol. The highest BCUT2D eigenvalue weighted by atomic mass is 32.1. The molecule has 0 aromatic carbocycles. The number of anilines is 1. The van der Waals surface area contributed by atoms with Crippen LogP contribution in [0.1, 0.15) is 18.5 Å². The van der Waals surface area contributed by atoms with Gasteiger partial charge in [-0.2, -0.15) is 0 Å². The molecule has 3 N–H and O–H groups in total. The lowest BCUT2D eigenvalue weighted by Crippen LogP contribution is -2.14. The van der Waals surface area contributed by atoms with Gasteiger partial charge in [0.15, 0.2) is 0 Å². The van der Waals surface area contributed by atoms with Crippen LogP contribution in [0.2, 0.25) is 0 Å². The summed E-state index contributed by atoms with van der Waals surface area (Å²) in [7, 11) is 0. The van der Waals surface area contributed by atoms with E-state index in [9.17, 15) is 0 Å². The molecule has 0 radical (unpaired) electrons. The number of nitrogens with one attached hydrogen (secondary N) is 1. The summed E-state index contributed by atoms with van der Waals surface area (Å²) < 4.78 is 14.7. The van der Waals surface area contributed by atoms with Crippen LogP contribution in [0.5, 0.6) is 0 Å². The Hall–Kier alpha value is -0.760. The van der Waals surface area contributed by atoms with Gasteiger partial charge in [-0.05, 0) is 12.8 Å². The predicted octanol–water partition coefficient (Wildman–Crippen LogP) is 0.519. The molecule has 1 fully saturated rings. The molecule has 0 aliphatic carbocycles. The quantitative estimate of drug-likeness (QED) is 0.567. The summed E-state index contributed by atoms with van der Waals surface area (Å²) in [4.78, 5) is 0. The zero-order chi connectivity index (χ0) is 10.5. The number of nitrogen functional groups attached to an aromatic ring is 1. The SMILES string of the molecule is NNc1snnc1COCC1CCCO1. The zero-order valence-electron chi connectivity index (χ0n) is 8.31. The van der Waals surface area contributed by atoms with Crippen molar-refractivity contribution in [2.45, 2.75) is 25.6 Å². The smallest absolute Gasteiger partial charge is 0.149 e. The summed E-state index contributed by atoms with van der Waals surface area (Å²) in [5.41, 5.74) is 3.29. The van der Waals surface area contributed by atoms with Crippen molar-refractivity contribution in [3.63, 3.8) is 0 Å². The fourth-order valence-electron chi connectivity index (χ4n) is 1.48. The fourth-order valence-corrected chi connectivity index (χ4v) is 1.95. The van der Waals surface area contributed by atoms with Gasteiger partial charge in [0.05, 0.1) is 19.3 Å². The average Bonchev–Trinajstić information content (AvgIpc) is 2.88. The minimum atomic E-state index is 0.242. The summed E-state index contributed by atoms with van der Waals surface area (Å²) in [6.45, 7) is 1.89. The molecule has 1 aromatic rings. The van der Waals surface area contributed by atoms with Crippen molar-refractivity contribution in [2.24, 2.45) is 5.84 Å². The van der Waals surface area contributed by atoms with Crippen LogP contribution < -0.4 is 11.3 Å². The normalized spacial score (nSPS) is 20.7. The van der Waals surface area contributed by atoms with E-state index in [4.69, 9.17) is 15.3 Å². The second-order valence-electron chi connectivity index (χ2n) is 3.34. The lowest BCUT2D eigenvalue weighted by molar-refractivity contribution is 0.00979. The molecule has 7 heteroatoms. The Bertz CT molecular complexity index is 301. The predicted molar refractivity (Wildman–Crippen MR) is 56.3 cm³/mol. The number of nitrogens with two attached hydrogens (primary N) is 1. The summed E-state index contributed by atoms with van der Waals surface area (Å²) >= 11 is 1.22. The second-order valence-corrected chi connectivity index (χ2v) is 4.10. The topological polar surface area (TPSA) is 82.3 Å². The molecular formula is C8H14N4O2S. The zero-order valence-corrected chi connectivity index (χ0v) is 9.13. The van der Waals surface area contributed by atoms with Gasteiger partial charge in [-0.25, -0.2) is 5.84 Å². The number of ether oxygens (including phenoxy) is 2. The molecule has 1 aromatic heterocycles. The highest BCUT2D eigenvalue weighted by molar-refractivity contribution is 7.10. The van der Waals surface area contributed by atoms with Gasteiger partial charge < -0.3 is 14.9 Å². The van der Waals surface area contributed by atoms with Crippen LogP contribution in [0.4, 0.5) is 5.00 Å². The van der Waals surface area contributed by atoms with Crippen LogP contribution in [0.3, 0.4) is 0 Å². The van der Waals surface area contributed by atoms with Crippen molar-refractivity contribution >= 4 is 16.5 Å². The minimum absolute atomic E-state index is 0.242. The largest absolute Gasteiger partial charge is 0.376 e. The van der Waals surface area contributed by atoms with Gasteiger partial charge in [0.1, 0.15) is 10.7 Å². The van der Waals surface area contributed by atoms with Crippen LogP contribution in [0.15, 0.2) is 0 Å². The first kappa shape index (κ1) is 10.7. The van der Waals surface area contributed by atoms with E-state index in [-0.39, 0.29) is 6.10 Å². The molecule has 15 heavy (non-hydrogen) atoms. The summed E-state index contributed by atoms with van der Waals surface area (Å²) in [6.07, 6.45) is 2.45. The van der Waals surface area contributed by atoms with Crippen LogP contribution in [0, 0.1) is 0 Å². The molecule has 1 saturated heterocycles. The van der Waals surface area contributed by atoms with E-state index >= 15 is 0 Å². The highest BCUT2D eigenvalue weighted by Crippen LogP contribution is 2.18. The molecule has 2 rings (SSSR count). The standard InChI is InChI=1S/C8H14N4O2S/c9-10-8-7(11-12-15-8)5-13-4-6-2-1-3-14-6/h6,10H,1-5,9H2. The van der Waals surface area contributed by atoms with Crippen molar-refractivity contribution in [1.82, 2.24) is 9.59 Å². The maximum absolute atomic E-state index is 5.49. The van der Waals surface area contributed by atoms with E-state index in [1.165, 1.54) is 11.5 Å². The Labute approximate surface area is 91.9 Å². The first-order chi connectivity index (χ1) is 7.40. The third-order valence-corrected chi connectivity index (χ3v) is 2.95. The van der Waals surface area contributed by atoms with Crippen molar-refractivity contribution in [1.29, 1.82) is 0 Å². The Kier molecular flexibility index (Phi) is 3.84. The molecular weight excluding hydrogens is 216 g/mol. The maximum atomic E-state index is 5.49. The van der Waals surface area contributed by atoms with Gasteiger partial charge in [0.25, 0.3) is 0 Å². The van der Waals surface area contributed by atoms with Crippen LogP contribution in [-0.2, 0) is 16.1 Å². The van der Waals surface area contributed by atoms with Crippen molar-refractivity contribution < 1.29 is 9.47 Å². The number of hydrazine groups is 1. The van der Waals surface area contributed by atoms with E-state index in [1.807, 2.05) is 0 Å². The van der Waals surface area contributed by atoms with E-state index in [2.05, 4.69) is 15.0 Å². The van der Waals surface area contributed by atoms with Gasteiger partial charge >= 0.3 is 0 Å². The first-order valence-corrected chi connectivity index (χ1v) is 5.64. The van der Waals surface area contributed by atoms with Crippen molar-refractivity contribution in [2.75, 3.05) is 18.6 Å². The van der Waals surface area contributed by atoms with Crippen LogP contribution >= 0.6 is 11.5 Å². The Morgan fingerprint density at radius 3 is 3.33 bits per heavy atom. The molecule has 84 valence electrons. The molecule has 0 bridgehead atoms. The van der Waals surface area contributed by atoms with E-state index in [0.29, 0.717) is 13.2 Å². The molecule has 1 aliphatic heterocycles. The molecule has 0 amide bonds. The van der Waals surface area contributed by atoms with Crippen molar-refractivity contribution in [3.05, 3.63) is 5.69 Å². The molecule has 1 atom stereocenters. The molecule has 1 aliphatic rings. The molecule has 0 saturated carbocycles. The van der Waals surface area contributed by atoms with Gasteiger partial charge in [0.2, 0.25) is 0 Å². The van der Waals surface area contributed by atoms with Gasteiger partial charge in [-0.3, -0.25) is 0 Å². The highest BCUT2D eigenvalue weighted by Gasteiger charge is 2.16. The van der Waals surface area contributed by atoms with Crippen molar-refractivity contribution in [3.8, 4) is 0 Å². The van der Waals surface area contributed by atoms with Gasteiger partial charge in [0, 0.05) is 18.1 Å². The van der Waals surface area contributed by atoms with E-state index in [0.717, 1.165) is 30.1 Å². The second kappa shape index (κ2) is 5.36. The maximum Gasteiger partial charge on any atom is 0.149 e. The number of nitrogens with zero attached hydrogens (tertiary/aromatic N) is 2. The summed E-state index contributed by atoms with van der Waals surface area (Å²) in [5.74, 6) is 5.29. The minimum Gasteiger partial charge on any atom is -0.376 e. The number of hydrogen-bond donors (Lipinski definition) is 2. The molecule has 6 nitrogen and oxygen atoms in total. The van der Waals surface area contributed by atoms with Crippen LogP contribution in [-0.4, -0.2) is 28.9 Å². The van der Waals surface area contributed by atoms with E-state index in [1.54, 1.807) is 0 Å². The number of hydrogen-bond acceptors (Lipinski definition) is 7. The Morgan fingerprint density at radius 1 is 1.67 bits per heavy atom. The lowest BCUT2D eigenvalue weighted by Gasteiger charge is -2.09. The average molecular weight is 230 g/mol. The number of aromatic nitrogens is 2. The fraction of sp³-hybridized carbons (Fsp3) is 0.750. The first-order valence-electron chi connectivity index (χ1n) is 4.87.